The Bertz CT molecular complexity index is 399. The summed E-state index contributed by atoms with van der Waals surface area (Å²) in [6.07, 6.45) is 2.68. The SMILES string of the molecule is COc1ccc(CC(=O)N(CCN)C2CC2)cc1. The maximum atomic E-state index is 12.2. The van der Waals surface area contributed by atoms with Crippen LogP contribution in [0.15, 0.2) is 24.3 Å². The molecule has 0 atom stereocenters. The van der Waals surface area contributed by atoms with E-state index in [0.717, 1.165) is 24.2 Å². The van der Waals surface area contributed by atoms with Crippen LogP contribution in [0.4, 0.5) is 0 Å². The third-order valence-corrected chi connectivity index (χ3v) is 3.19. The smallest absolute Gasteiger partial charge is 0.227 e. The molecule has 1 amide bonds. The summed E-state index contributed by atoms with van der Waals surface area (Å²) in [6, 6.07) is 8.06. The van der Waals surface area contributed by atoms with Gasteiger partial charge in [0.25, 0.3) is 0 Å². The number of hydrogen-bond donors (Lipinski definition) is 1. The molecule has 0 aromatic heterocycles. The van der Waals surface area contributed by atoms with Crippen molar-refractivity contribution in [2.45, 2.75) is 25.3 Å². The number of benzene rings is 1. The van der Waals surface area contributed by atoms with Crippen molar-refractivity contribution in [1.29, 1.82) is 0 Å². The molecule has 1 fully saturated rings. The van der Waals surface area contributed by atoms with Crippen molar-refractivity contribution in [2.24, 2.45) is 5.73 Å². The fourth-order valence-electron chi connectivity index (χ4n) is 2.06. The predicted molar refractivity (Wildman–Crippen MR) is 70.5 cm³/mol. The first-order chi connectivity index (χ1) is 8.74. The number of rotatable bonds is 6. The minimum atomic E-state index is 0.174. The Hall–Kier alpha value is -1.55. The van der Waals surface area contributed by atoms with Crippen molar-refractivity contribution in [2.75, 3.05) is 20.2 Å². The van der Waals surface area contributed by atoms with Crippen LogP contribution in [-0.4, -0.2) is 37.0 Å². The third kappa shape index (κ3) is 3.23. The van der Waals surface area contributed by atoms with Crippen molar-refractivity contribution in [1.82, 2.24) is 4.90 Å². The maximum Gasteiger partial charge on any atom is 0.227 e. The van der Waals surface area contributed by atoms with Gasteiger partial charge in [0, 0.05) is 19.1 Å². The minimum Gasteiger partial charge on any atom is -0.497 e. The Morgan fingerprint density at radius 1 is 1.39 bits per heavy atom. The number of hydrogen-bond acceptors (Lipinski definition) is 3. The molecule has 0 spiro atoms. The number of ether oxygens (including phenoxy) is 1. The van der Waals surface area contributed by atoms with Gasteiger partial charge < -0.3 is 15.4 Å². The highest BCUT2D eigenvalue weighted by Crippen LogP contribution is 2.27. The average Bonchev–Trinajstić information content (AvgIpc) is 3.21. The molecule has 98 valence electrons. The van der Waals surface area contributed by atoms with Crippen molar-refractivity contribution in [3.05, 3.63) is 29.8 Å². The summed E-state index contributed by atoms with van der Waals surface area (Å²) in [5.74, 6) is 0.986. The fourth-order valence-corrected chi connectivity index (χ4v) is 2.06. The molecule has 0 radical (unpaired) electrons. The molecule has 1 aromatic carbocycles. The number of nitrogens with zero attached hydrogens (tertiary/aromatic N) is 1. The highest BCUT2D eigenvalue weighted by molar-refractivity contribution is 5.79. The van der Waals surface area contributed by atoms with Gasteiger partial charge in [0.05, 0.1) is 13.5 Å². The van der Waals surface area contributed by atoms with Crippen LogP contribution in [0.3, 0.4) is 0 Å². The van der Waals surface area contributed by atoms with Gasteiger partial charge in [-0.05, 0) is 30.5 Å². The molecule has 0 bridgehead atoms. The van der Waals surface area contributed by atoms with Gasteiger partial charge in [-0.1, -0.05) is 12.1 Å². The Kier molecular flexibility index (Phi) is 4.20. The van der Waals surface area contributed by atoms with E-state index in [4.69, 9.17) is 10.5 Å². The molecule has 0 saturated heterocycles. The van der Waals surface area contributed by atoms with Gasteiger partial charge >= 0.3 is 0 Å². The van der Waals surface area contributed by atoms with E-state index in [1.165, 1.54) is 0 Å². The molecule has 1 aliphatic rings. The van der Waals surface area contributed by atoms with Crippen LogP contribution >= 0.6 is 0 Å². The summed E-state index contributed by atoms with van der Waals surface area (Å²) < 4.78 is 5.10. The van der Waals surface area contributed by atoms with Crippen LogP contribution in [0.2, 0.25) is 0 Å². The zero-order chi connectivity index (χ0) is 13.0. The second-order valence-electron chi connectivity index (χ2n) is 4.63. The first-order valence-electron chi connectivity index (χ1n) is 6.37. The van der Waals surface area contributed by atoms with Crippen molar-refractivity contribution >= 4 is 5.91 Å². The summed E-state index contributed by atoms with van der Waals surface area (Å²) in [4.78, 5) is 14.1. The molecular formula is C14H20N2O2. The highest BCUT2D eigenvalue weighted by atomic mass is 16.5. The van der Waals surface area contributed by atoms with Crippen molar-refractivity contribution in [3.63, 3.8) is 0 Å². The maximum absolute atomic E-state index is 12.2. The standard InChI is InChI=1S/C14H20N2O2/c1-18-13-6-2-11(3-7-13)10-14(17)16(9-8-15)12-4-5-12/h2-3,6-7,12H,4-5,8-10,15H2,1H3. The topological polar surface area (TPSA) is 55.6 Å². The Labute approximate surface area is 108 Å². The molecule has 4 nitrogen and oxygen atoms in total. The minimum absolute atomic E-state index is 0.174. The lowest BCUT2D eigenvalue weighted by molar-refractivity contribution is -0.130. The molecule has 4 heteroatoms. The first-order valence-corrected chi connectivity index (χ1v) is 6.37. The highest BCUT2D eigenvalue weighted by Gasteiger charge is 2.31. The summed E-state index contributed by atoms with van der Waals surface area (Å²) >= 11 is 0. The monoisotopic (exact) mass is 248 g/mol. The van der Waals surface area contributed by atoms with E-state index in [0.29, 0.717) is 25.6 Å². The first kappa shape index (κ1) is 12.9. The summed E-state index contributed by atoms with van der Waals surface area (Å²) in [5, 5.41) is 0. The number of carbonyl (C=O) groups excluding carboxylic acids is 1. The lowest BCUT2D eigenvalue weighted by Crippen LogP contribution is -2.38. The molecule has 1 saturated carbocycles. The van der Waals surface area contributed by atoms with E-state index < -0.39 is 0 Å². The van der Waals surface area contributed by atoms with Gasteiger partial charge in [-0.15, -0.1) is 0 Å². The second-order valence-corrected chi connectivity index (χ2v) is 4.63. The van der Waals surface area contributed by atoms with Crippen LogP contribution in [-0.2, 0) is 11.2 Å². The van der Waals surface area contributed by atoms with Gasteiger partial charge in [-0.25, -0.2) is 0 Å². The molecule has 18 heavy (non-hydrogen) atoms. The molecular weight excluding hydrogens is 228 g/mol. The second kappa shape index (κ2) is 5.87. The summed E-state index contributed by atoms with van der Waals surface area (Å²) in [6.45, 7) is 1.20. The molecule has 1 aliphatic carbocycles. The zero-order valence-electron chi connectivity index (χ0n) is 10.8. The van der Waals surface area contributed by atoms with Crippen LogP contribution in [0.1, 0.15) is 18.4 Å². The molecule has 0 heterocycles. The van der Waals surface area contributed by atoms with Crippen LogP contribution in [0.25, 0.3) is 0 Å². The molecule has 0 aliphatic heterocycles. The van der Waals surface area contributed by atoms with E-state index >= 15 is 0 Å². The largest absolute Gasteiger partial charge is 0.497 e. The summed E-state index contributed by atoms with van der Waals surface area (Å²) in [7, 11) is 1.64. The van der Waals surface area contributed by atoms with E-state index in [1.54, 1.807) is 7.11 Å². The van der Waals surface area contributed by atoms with E-state index in [9.17, 15) is 4.79 Å². The normalized spacial score (nSPS) is 14.3. The zero-order valence-corrected chi connectivity index (χ0v) is 10.8. The Balaban J connectivity index is 1.95. The van der Waals surface area contributed by atoms with Gasteiger partial charge in [0.15, 0.2) is 0 Å². The quantitative estimate of drug-likeness (QED) is 0.822. The van der Waals surface area contributed by atoms with Gasteiger partial charge in [-0.2, -0.15) is 0 Å². The van der Waals surface area contributed by atoms with E-state index in [-0.39, 0.29) is 5.91 Å². The number of carbonyl (C=O) groups is 1. The van der Waals surface area contributed by atoms with E-state index in [1.807, 2.05) is 29.2 Å². The number of nitrogens with two attached hydrogens (primary N) is 1. The fraction of sp³-hybridized carbons (Fsp3) is 0.500. The Morgan fingerprint density at radius 3 is 2.56 bits per heavy atom. The van der Waals surface area contributed by atoms with Crippen molar-refractivity contribution in [3.8, 4) is 5.75 Å². The average molecular weight is 248 g/mol. The molecule has 2 rings (SSSR count). The third-order valence-electron chi connectivity index (χ3n) is 3.19. The number of methoxy groups -OCH3 is 1. The Morgan fingerprint density at radius 2 is 2.06 bits per heavy atom. The van der Waals surface area contributed by atoms with Crippen LogP contribution in [0.5, 0.6) is 5.75 Å². The lowest BCUT2D eigenvalue weighted by atomic mass is 10.1. The molecule has 2 N–H and O–H groups in total. The van der Waals surface area contributed by atoms with Gasteiger partial charge in [-0.3, -0.25) is 4.79 Å². The predicted octanol–water partition coefficient (Wildman–Crippen LogP) is 1.19. The molecule has 1 aromatic rings. The molecule has 0 unspecified atom stereocenters. The van der Waals surface area contributed by atoms with Gasteiger partial charge in [0.1, 0.15) is 5.75 Å². The van der Waals surface area contributed by atoms with Crippen molar-refractivity contribution < 1.29 is 9.53 Å². The van der Waals surface area contributed by atoms with E-state index in [2.05, 4.69) is 0 Å². The number of amides is 1. The van der Waals surface area contributed by atoms with Crippen LogP contribution in [0, 0.1) is 0 Å². The summed E-state index contributed by atoms with van der Waals surface area (Å²) in [5.41, 5.74) is 6.57. The van der Waals surface area contributed by atoms with Gasteiger partial charge in [0.2, 0.25) is 5.91 Å². The lowest BCUT2D eigenvalue weighted by Gasteiger charge is -2.21. The van der Waals surface area contributed by atoms with Crippen LogP contribution < -0.4 is 10.5 Å².